The van der Waals surface area contributed by atoms with E-state index in [2.05, 4.69) is 23.7 Å². The van der Waals surface area contributed by atoms with E-state index in [1.165, 1.54) is 0 Å². The minimum Gasteiger partial charge on any atom is -0.465 e. The highest BCUT2D eigenvalue weighted by atomic mass is 16.6. The first kappa shape index (κ1) is 19.1. The van der Waals surface area contributed by atoms with Gasteiger partial charge in [0.2, 0.25) is 0 Å². The topological polar surface area (TPSA) is 52.6 Å². The molecule has 0 spiro atoms. The largest absolute Gasteiger partial charge is 0.465 e. The van der Waals surface area contributed by atoms with Crippen LogP contribution in [0.4, 0.5) is 0 Å². The lowest BCUT2D eigenvalue weighted by atomic mass is 9.81. The van der Waals surface area contributed by atoms with Gasteiger partial charge in [0, 0.05) is 25.7 Å². The van der Waals surface area contributed by atoms with Gasteiger partial charge in [0.1, 0.15) is 0 Å². The maximum Gasteiger partial charge on any atom is 0.325 e. The molecule has 0 aliphatic rings. The van der Waals surface area contributed by atoms with Gasteiger partial charge < -0.3 is 9.47 Å². The van der Waals surface area contributed by atoms with E-state index in [9.17, 15) is 9.59 Å². The van der Waals surface area contributed by atoms with Crippen LogP contribution in [0.3, 0.4) is 0 Å². The zero-order valence-electron chi connectivity index (χ0n) is 13.4. The highest BCUT2D eigenvalue weighted by Gasteiger charge is 2.48. The highest BCUT2D eigenvalue weighted by Crippen LogP contribution is 2.30. The van der Waals surface area contributed by atoms with Crippen LogP contribution in [-0.4, -0.2) is 25.2 Å². The standard InChI is InChI=1S/C17H24O4/c1-5-9-11-13-17(14-12-10-6-2,15(18)20-7-3)16(19)21-8-4/h5-8,13-14H2,1-4H3. The Morgan fingerprint density at radius 1 is 0.762 bits per heavy atom. The van der Waals surface area contributed by atoms with Gasteiger partial charge in [-0.3, -0.25) is 9.59 Å². The van der Waals surface area contributed by atoms with Gasteiger partial charge in [-0.2, -0.15) is 0 Å². The van der Waals surface area contributed by atoms with E-state index in [4.69, 9.17) is 9.47 Å². The summed E-state index contributed by atoms with van der Waals surface area (Å²) in [5.41, 5.74) is -1.45. The van der Waals surface area contributed by atoms with Crippen molar-refractivity contribution in [3.8, 4) is 23.7 Å². The predicted octanol–water partition coefficient (Wildman–Crippen LogP) is 2.71. The summed E-state index contributed by atoms with van der Waals surface area (Å²) in [5.74, 6) is 10.2. The lowest BCUT2D eigenvalue weighted by molar-refractivity contribution is -0.171. The quantitative estimate of drug-likeness (QED) is 0.429. The molecule has 0 saturated heterocycles. The summed E-state index contributed by atoms with van der Waals surface area (Å²) >= 11 is 0. The van der Waals surface area contributed by atoms with Crippen LogP contribution in [0.1, 0.15) is 53.4 Å². The number of ether oxygens (including phenoxy) is 2. The van der Waals surface area contributed by atoms with E-state index < -0.39 is 17.4 Å². The third kappa shape index (κ3) is 5.92. The Balaban J connectivity index is 5.55. The Bertz CT molecular complexity index is 413. The van der Waals surface area contributed by atoms with Crippen molar-refractivity contribution in [1.82, 2.24) is 0 Å². The third-order valence-electron chi connectivity index (χ3n) is 2.72. The van der Waals surface area contributed by atoms with Crippen LogP contribution < -0.4 is 0 Å². The van der Waals surface area contributed by atoms with E-state index in [0.29, 0.717) is 12.8 Å². The van der Waals surface area contributed by atoms with E-state index in [0.717, 1.165) is 0 Å². The van der Waals surface area contributed by atoms with Crippen LogP contribution in [0.5, 0.6) is 0 Å². The molecule has 0 bridgehead atoms. The van der Waals surface area contributed by atoms with Crippen LogP contribution in [0, 0.1) is 29.1 Å². The van der Waals surface area contributed by atoms with Gasteiger partial charge in [-0.15, -0.1) is 23.7 Å². The maximum atomic E-state index is 12.3. The van der Waals surface area contributed by atoms with Gasteiger partial charge in [0.05, 0.1) is 13.2 Å². The van der Waals surface area contributed by atoms with Crippen LogP contribution in [0.15, 0.2) is 0 Å². The van der Waals surface area contributed by atoms with Gasteiger partial charge in [0.15, 0.2) is 5.41 Å². The number of hydrogen-bond donors (Lipinski definition) is 0. The Hall–Kier alpha value is -1.94. The number of hydrogen-bond acceptors (Lipinski definition) is 4. The smallest absolute Gasteiger partial charge is 0.325 e. The molecule has 21 heavy (non-hydrogen) atoms. The maximum absolute atomic E-state index is 12.3. The van der Waals surface area contributed by atoms with Gasteiger partial charge in [-0.05, 0) is 13.8 Å². The number of carbonyl (C=O) groups is 2. The summed E-state index contributed by atoms with van der Waals surface area (Å²) in [4.78, 5) is 24.6. The fraction of sp³-hybridized carbons (Fsp3) is 0.647. The van der Waals surface area contributed by atoms with Gasteiger partial charge >= 0.3 is 11.9 Å². The van der Waals surface area contributed by atoms with Crippen molar-refractivity contribution in [2.24, 2.45) is 5.41 Å². The second-order valence-electron chi connectivity index (χ2n) is 4.29. The second-order valence-corrected chi connectivity index (χ2v) is 4.29. The molecular weight excluding hydrogens is 268 g/mol. The SMILES string of the molecule is CCC#CCC(CC#CCC)(C(=O)OCC)C(=O)OCC. The van der Waals surface area contributed by atoms with E-state index in [-0.39, 0.29) is 26.1 Å². The van der Waals surface area contributed by atoms with Crippen molar-refractivity contribution < 1.29 is 19.1 Å². The summed E-state index contributed by atoms with van der Waals surface area (Å²) in [5, 5.41) is 0. The molecule has 0 aromatic carbocycles. The first-order valence-corrected chi connectivity index (χ1v) is 7.34. The minimum absolute atomic E-state index is 0.0664. The summed E-state index contributed by atoms with van der Waals surface area (Å²) < 4.78 is 10.1. The van der Waals surface area contributed by atoms with Crippen molar-refractivity contribution in [1.29, 1.82) is 0 Å². The van der Waals surface area contributed by atoms with E-state index in [1.807, 2.05) is 13.8 Å². The Morgan fingerprint density at radius 3 is 1.43 bits per heavy atom. The lowest BCUT2D eigenvalue weighted by Crippen LogP contribution is -2.41. The van der Waals surface area contributed by atoms with Gasteiger partial charge in [-0.1, -0.05) is 13.8 Å². The van der Waals surface area contributed by atoms with Crippen LogP contribution >= 0.6 is 0 Å². The summed E-state index contributed by atoms with van der Waals surface area (Å²) in [6, 6.07) is 0. The molecule has 0 unspecified atom stereocenters. The predicted molar refractivity (Wildman–Crippen MR) is 81.1 cm³/mol. The third-order valence-corrected chi connectivity index (χ3v) is 2.72. The normalized spacial score (nSPS) is 9.71. The monoisotopic (exact) mass is 292 g/mol. The molecule has 4 nitrogen and oxygen atoms in total. The summed E-state index contributed by atoms with van der Waals surface area (Å²) in [6.07, 6.45) is 1.44. The fourth-order valence-electron chi connectivity index (χ4n) is 1.65. The van der Waals surface area contributed by atoms with Crippen molar-refractivity contribution in [3.63, 3.8) is 0 Å². The highest BCUT2D eigenvalue weighted by molar-refractivity contribution is 6.00. The zero-order chi connectivity index (χ0) is 16.1. The molecule has 0 fully saturated rings. The molecular formula is C17H24O4. The molecule has 0 amide bonds. The van der Waals surface area contributed by atoms with Crippen molar-refractivity contribution in [3.05, 3.63) is 0 Å². The molecule has 0 N–H and O–H groups in total. The van der Waals surface area contributed by atoms with Crippen molar-refractivity contribution in [2.75, 3.05) is 13.2 Å². The fourth-order valence-corrected chi connectivity index (χ4v) is 1.65. The first-order chi connectivity index (χ1) is 10.1. The number of carbonyl (C=O) groups excluding carboxylic acids is 2. The zero-order valence-corrected chi connectivity index (χ0v) is 13.4. The molecule has 0 radical (unpaired) electrons. The average molecular weight is 292 g/mol. The summed E-state index contributed by atoms with van der Waals surface area (Å²) in [6.45, 7) is 7.60. The Labute approximate surface area is 127 Å². The van der Waals surface area contributed by atoms with Crippen molar-refractivity contribution in [2.45, 2.75) is 53.4 Å². The molecule has 0 aromatic rings. The molecule has 0 saturated carbocycles. The Kier molecular flexibility index (Phi) is 9.80. The second kappa shape index (κ2) is 10.8. The average Bonchev–Trinajstić information content (AvgIpc) is 2.46. The molecule has 0 aromatic heterocycles. The molecule has 4 heteroatoms. The minimum atomic E-state index is -1.45. The van der Waals surface area contributed by atoms with Crippen LogP contribution in [-0.2, 0) is 19.1 Å². The lowest BCUT2D eigenvalue weighted by Gasteiger charge is -2.25. The summed E-state index contributed by atoms with van der Waals surface area (Å²) in [7, 11) is 0. The molecule has 0 heterocycles. The molecule has 0 rings (SSSR count). The molecule has 0 aliphatic carbocycles. The molecule has 0 aliphatic heterocycles. The van der Waals surface area contributed by atoms with Gasteiger partial charge in [0.25, 0.3) is 0 Å². The Morgan fingerprint density at radius 2 is 1.14 bits per heavy atom. The van der Waals surface area contributed by atoms with Crippen LogP contribution in [0.25, 0.3) is 0 Å². The number of esters is 2. The van der Waals surface area contributed by atoms with Crippen LogP contribution in [0.2, 0.25) is 0 Å². The number of rotatable bonds is 6. The molecule has 116 valence electrons. The molecule has 0 atom stereocenters. The van der Waals surface area contributed by atoms with Gasteiger partial charge in [-0.25, -0.2) is 0 Å². The van der Waals surface area contributed by atoms with E-state index in [1.54, 1.807) is 13.8 Å². The van der Waals surface area contributed by atoms with Crippen molar-refractivity contribution >= 4 is 11.9 Å². The van der Waals surface area contributed by atoms with E-state index >= 15 is 0 Å². The first-order valence-electron chi connectivity index (χ1n) is 7.34.